The maximum Gasteiger partial charge on any atom is 0.342 e. The lowest BCUT2D eigenvalue weighted by Gasteiger charge is -2.31. The summed E-state index contributed by atoms with van der Waals surface area (Å²) in [6.45, 7) is 4.41. The summed E-state index contributed by atoms with van der Waals surface area (Å²) >= 11 is 1.37. The topological polar surface area (TPSA) is 72.3 Å². The lowest BCUT2D eigenvalue weighted by Crippen LogP contribution is -2.29. The summed E-state index contributed by atoms with van der Waals surface area (Å²) in [5.41, 5.74) is 0.0358. The number of carbonyl (C=O) groups is 1. The van der Waals surface area contributed by atoms with Crippen LogP contribution in [0.25, 0.3) is 0 Å². The predicted octanol–water partition coefficient (Wildman–Crippen LogP) is 3.10. The van der Waals surface area contributed by atoms with E-state index in [0.29, 0.717) is 17.0 Å². The van der Waals surface area contributed by atoms with E-state index >= 15 is 0 Å². The first-order valence-electron chi connectivity index (χ1n) is 6.80. The fourth-order valence-electron chi connectivity index (χ4n) is 2.81. The molecule has 1 aliphatic carbocycles. The smallest absolute Gasteiger partial charge is 0.342 e. The Bertz CT molecular complexity index is 485. The number of ether oxygens (including phenoxy) is 1. The van der Waals surface area contributed by atoms with Crippen LogP contribution in [-0.2, 0) is 0 Å². The molecule has 2 atom stereocenters. The zero-order valence-corrected chi connectivity index (χ0v) is 12.8. The SMILES string of the molecule is CSc1ncc(C(=O)O)c(OC2CC(C)CC(C)C2)n1. The lowest BCUT2D eigenvalue weighted by molar-refractivity contribution is 0.0668. The Morgan fingerprint density at radius 1 is 1.35 bits per heavy atom. The second-order valence-electron chi connectivity index (χ2n) is 5.54. The number of hydrogen-bond donors (Lipinski definition) is 1. The maximum atomic E-state index is 11.2. The summed E-state index contributed by atoms with van der Waals surface area (Å²) in [4.78, 5) is 19.4. The number of rotatable bonds is 4. The molecular weight excluding hydrogens is 276 g/mol. The molecule has 1 heterocycles. The Kier molecular flexibility index (Phi) is 4.86. The van der Waals surface area contributed by atoms with Crippen molar-refractivity contribution in [3.05, 3.63) is 11.8 Å². The van der Waals surface area contributed by atoms with Crippen LogP contribution in [0.1, 0.15) is 43.5 Å². The van der Waals surface area contributed by atoms with Gasteiger partial charge in [0.15, 0.2) is 5.16 Å². The van der Waals surface area contributed by atoms with Gasteiger partial charge < -0.3 is 9.84 Å². The van der Waals surface area contributed by atoms with Gasteiger partial charge in [-0.15, -0.1) is 0 Å². The number of thioether (sulfide) groups is 1. The quantitative estimate of drug-likeness (QED) is 0.680. The second kappa shape index (κ2) is 6.43. The van der Waals surface area contributed by atoms with Crippen LogP contribution in [0, 0.1) is 11.8 Å². The molecule has 1 aromatic rings. The number of hydrogen-bond acceptors (Lipinski definition) is 5. The van der Waals surface area contributed by atoms with Crippen molar-refractivity contribution < 1.29 is 14.6 Å². The molecule has 1 saturated carbocycles. The first-order chi connectivity index (χ1) is 9.49. The molecule has 0 amide bonds. The van der Waals surface area contributed by atoms with E-state index in [0.717, 1.165) is 12.8 Å². The predicted molar refractivity (Wildman–Crippen MR) is 77.4 cm³/mol. The molecule has 1 aliphatic rings. The van der Waals surface area contributed by atoms with Crippen LogP contribution in [0.15, 0.2) is 11.4 Å². The van der Waals surface area contributed by atoms with Crippen LogP contribution in [0.4, 0.5) is 0 Å². The van der Waals surface area contributed by atoms with Crippen molar-refractivity contribution in [2.75, 3.05) is 6.26 Å². The van der Waals surface area contributed by atoms with E-state index in [-0.39, 0.29) is 17.5 Å². The average molecular weight is 296 g/mol. The first kappa shape index (κ1) is 15.1. The van der Waals surface area contributed by atoms with Gasteiger partial charge in [-0.05, 0) is 37.4 Å². The van der Waals surface area contributed by atoms with Gasteiger partial charge in [0, 0.05) is 6.20 Å². The van der Waals surface area contributed by atoms with Gasteiger partial charge in [-0.25, -0.2) is 9.78 Å². The number of aromatic carboxylic acids is 1. The van der Waals surface area contributed by atoms with E-state index < -0.39 is 5.97 Å². The second-order valence-corrected chi connectivity index (χ2v) is 6.31. The Hall–Kier alpha value is -1.30. The molecule has 1 aromatic heterocycles. The minimum Gasteiger partial charge on any atom is -0.477 e. The molecule has 6 heteroatoms. The van der Waals surface area contributed by atoms with E-state index in [1.165, 1.54) is 24.4 Å². The summed E-state index contributed by atoms with van der Waals surface area (Å²) in [6.07, 6.45) is 6.31. The van der Waals surface area contributed by atoms with Crippen LogP contribution < -0.4 is 4.74 Å². The van der Waals surface area contributed by atoms with Gasteiger partial charge in [0.05, 0.1) is 0 Å². The highest BCUT2D eigenvalue weighted by Crippen LogP contribution is 2.32. The molecule has 0 saturated heterocycles. The fourth-order valence-corrected chi connectivity index (χ4v) is 3.15. The summed E-state index contributed by atoms with van der Waals surface area (Å²) in [5.74, 6) is 0.338. The molecule has 0 aliphatic heterocycles. The molecular formula is C14H20N2O3S. The highest BCUT2D eigenvalue weighted by atomic mass is 32.2. The van der Waals surface area contributed by atoms with Crippen LogP contribution in [-0.4, -0.2) is 33.4 Å². The highest BCUT2D eigenvalue weighted by Gasteiger charge is 2.27. The van der Waals surface area contributed by atoms with Crippen LogP contribution in [0.3, 0.4) is 0 Å². The van der Waals surface area contributed by atoms with Gasteiger partial charge in [-0.1, -0.05) is 25.6 Å². The van der Waals surface area contributed by atoms with Crippen LogP contribution in [0.5, 0.6) is 5.88 Å². The minimum absolute atomic E-state index is 0.0358. The molecule has 0 radical (unpaired) electrons. The van der Waals surface area contributed by atoms with Crippen molar-refractivity contribution >= 4 is 17.7 Å². The molecule has 1 fully saturated rings. The van der Waals surface area contributed by atoms with Gasteiger partial charge >= 0.3 is 5.97 Å². The van der Waals surface area contributed by atoms with Gasteiger partial charge in [-0.3, -0.25) is 0 Å². The van der Waals surface area contributed by atoms with E-state index in [1.807, 2.05) is 6.26 Å². The van der Waals surface area contributed by atoms with Crippen molar-refractivity contribution in [3.8, 4) is 5.88 Å². The number of nitrogens with zero attached hydrogens (tertiary/aromatic N) is 2. The largest absolute Gasteiger partial charge is 0.477 e. The average Bonchev–Trinajstić information content (AvgIpc) is 2.37. The van der Waals surface area contributed by atoms with Gasteiger partial charge in [0.25, 0.3) is 0 Å². The standard InChI is InChI=1S/C14H20N2O3S/c1-8-4-9(2)6-10(5-8)19-12-11(13(17)18)7-15-14(16-12)20-3/h7-10H,4-6H2,1-3H3,(H,17,18). The Morgan fingerprint density at radius 3 is 2.55 bits per heavy atom. The van der Waals surface area contributed by atoms with Crippen molar-refractivity contribution in [2.24, 2.45) is 11.8 Å². The zero-order chi connectivity index (χ0) is 14.7. The number of carboxylic acid groups (broad SMARTS) is 1. The molecule has 5 nitrogen and oxygen atoms in total. The Morgan fingerprint density at radius 2 is 2.00 bits per heavy atom. The van der Waals surface area contributed by atoms with E-state index in [9.17, 15) is 9.90 Å². The first-order valence-corrected chi connectivity index (χ1v) is 8.03. The van der Waals surface area contributed by atoms with E-state index in [1.54, 1.807) is 0 Å². The highest BCUT2D eigenvalue weighted by molar-refractivity contribution is 7.98. The molecule has 0 aromatic carbocycles. The third-order valence-corrected chi connectivity index (χ3v) is 4.12. The maximum absolute atomic E-state index is 11.2. The van der Waals surface area contributed by atoms with Crippen molar-refractivity contribution in [1.82, 2.24) is 9.97 Å². The molecule has 0 spiro atoms. The van der Waals surface area contributed by atoms with Crippen LogP contribution in [0.2, 0.25) is 0 Å². The number of carboxylic acids is 1. The van der Waals surface area contributed by atoms with Crippen molar-refractivity contribution in [1.29, 1.82) is 0 Å². The summed E-state index contributed by atoms with van der Waals surface area (Å²) in [6, 6.07) is 0. The molecule has 2 rings (SSSR count). The Balaban J connectivity index is 2.20. The van der Waals surface area contributed by atoms with E-state index in [4.69, 9.17) is 4.74 Å². The third kappa shape index (κ3) is 3.62. The normalized spacial score (nSPS) is 26.2. The van der Waals surface area contributed by atoms with Gasteiger partial charge in [0.2, 0.25) is 5.88 Å². The molecule has 110 valence electrons. The van der Waals surface area contributed by atoms with Crippen molar-refractivity contribution in [3.63, 3.8) is 0 Å². The molecule has 20 heavy (non-hydrogen) atoms. The monoisotopic (exact) mass is 296 g/mol. The minimum atomic E-state index is -1.05. The molecule has 2 unspecified atom stereocenters. The van der Waals surface area contributed by atoms with Gasteiger partial charge in [0.1, 0.15) is 11.7 Å². The van der Waals surface area contributed by atoms with Crippen molar-refractivity contribution in [2.45, 2.75) is 44.4 Å². The Labute approximate surface area is 123 Å². The third-order valence-electron chi connectivity index (χ3n) is 3.56. The zero-order valence-electron chi connectivity index (χ0n) is 12.0. The molecule has 1 N–H and O–H groups in total. The summed E-state index contributed by atoms with van der Waals surface area (Å²) in [7, 11) is 0. The summed E-state index contributed by atoms with van der Waals surface area (Å²) in [5, 5.41) is 9.73. The molecule has 0 bridgehead atoms. The fraction of sp³-hybridized carbons (Fsp3) is 0.643. The van der Waals surface area contributed by atoms with Gasteiger partial charge in [-0.2, -0.15) is 4.98 Å². The van der Waals surface area contributed by atoms with E-state index in [2.05, 4.69) is 23.8 Å². The van der Waals surface area contributed by atoms with Crippen LogP contribution >= 0.6 is 11.8 Å². The number of aromatic nitrogens is 2. The summed E-state index contributed by atoms with van der Waals surface area (Å²) < 4.78 is 5.89. The lowest BCUT2D eigenvalue weighted by atomic mass is 9.82.